The van der Waals surface area contributed by atoms with Crippen LogP contribution in [-0.2, 0) is 18.5 Å². The zero-order chi connectivity index (χ0) is 20.6. The molecular weight excluding hydrogens is 366 g/mol. The largest absolute Gasteiger partial charge is 0.336 e. The summed E-state index contributed by atoms with van der Waals surface area (Å²) >= 11 is 0. The van der Waals surface area contributed by atoms with Crippen molar-refractivity contribution in [3.8, 4) is 6.07 Å². The molecule has 0 aromatic carbocycles. The number of nitriles is 1. The van der Waals surface area contributed by atoms with Gasteiger partial charge < -0.3 is 4.98 Å². The minimum absolute atomic E-state index is 0.0592. The highest BCUT2D eigenvalue weighted by atomic mass is 16.2. The number of imidazole rings is 1. The van der Waals surface area contributed by atoms with Crippen molar-refractivity contribution in [2.24, 2.45) is 5.41 Å². The summed E-state index contributed by atoms with van der Waals surface area (Å²) in [5.74, 6) is 0.862. The number of aromatic nitrogens is 4. The first kappa shape index (κ1) is 19.7. The molecule has 3 saturated carbocycles. The van der Waals surface area contributed by atoms with Gasteiger partial charge in [0.1, 0.15) is 11.3 Å². The van der Waals surface area contributed by atoms with E-state index in [4.69, 9.17) is 10.2 Å². The van der Waals surface area contributed by atoms with Crippen molar-refractivity contribution in [2.45, 2.75) is 83.7 Å². The summed E-state index contributed by atoms with van der Waals surface area (Å²) in [7, 11) is 0. The molecule has 5 rings (SSSR count). The van der Waals surface area contributed by atoms with Crippen molar-refractivity contribution in [3.63, 3.8) is 0 Å². The molecule has 7 heteroatoms. The van der Waals surface area contributed by atoms with Crippen LogP contribution in [0.25, 0.3) is 11.2 Å². The second-order valence-electron chi connectivity index (χ2n) is 8.78. The Hall–Kier alpha value is -2.62. The van der Waals surface area contributed by atoms with Gasteiger partial charge in [0.05, 0.1) is 6.07 Å². The normalized spacial score (nSPS) is 26.4. The van der Waals surface area contributed by atoms with E-state index in [1.54, 1.807) is 10.6 Å². The predicted molar refractivity (Wildman–Crippen MR) is 112 cm³/mol. The Morgan fingerprint density at radius 3 is 2.28 bits per heavy atom. The summed E-state index contributed by atoms with van der Waals surface area (Å²) in [6, 6.07) is 2.13. The van der Waals surface area contributed by atoms with Gasteiger partial charge in [0, 0.05) is 24.6 Å². The van der Waals surface area contributed by atoms with E-state index in [0.29, 0.717) is 24.3 Å². The summed E-state index contributed by atoms with van der Waals surface area (Å²) in [6.07, 6.45) is 11.3. The molecule has 2 bridgehead atoms. The van der Waals surface area contributed by atoms with Gasteiger partial charge in [-0.3, -0.25) is 13.9 Å². The van der Waals surface area contributed by atoms with E-state index in [2.05, 4.69) is 17.1 Å². The van der Waals surface area contributed by atoms with Crippen LogP contribution in [0.2, 0.25) is 0 Å². The Labute approximate surface area is 170 Å². The van der Waals surface area contributed by atoms with Crippen molar-refractivity contribution in [1.29, 1.82) is 5.26 Å². The van der Waals surface area contributed by atoms with Gasteiger partial charge in [0.15, 0.2) is 5.65 Å². The predicted octanol–water partition coefficient (Wildman–Crippen LogP) is 3.38. The fourth-order valence-electron chi connectivity index (χ4n) is 5.30. The standard InChI is InChI=1S/C22H29N5O2/c1-3-14-26-17-16(18(28)27(15-4-2)20(26)29)24-19(25-17)22-10-7-21(8-11-22,9-12-22)6-5-13-23/h5-6H,3-4,7-12,14-15H2,1-2H3,(H,24,25)/b6-5+. The number of aromatic amines is 1. The van der Waals surface area contributed by atoms with Crippen LogP contribution in [0, 0.1) is 16.7 Å². The van der Waals surface area contributed by atoms with E-state index < -0.39 is 0 Å². The Morgan fingerprint density at radius 1 is 1.07 bits per heavy atom. The first-order chi connectivity index (χ1) is 14.0. The van der Waals surface area contributed by atoms with Gasteiger partial charge in [-0.25, -0.2) is 9.78 Å². The van der Waals surface area contributed by atoms with Gasteiger partial charge in [0.2, 0.25) is 0 Å². The highest BCUT2D eigenvalue weighted by Gasteiger charge is 2.49. The van der Waals surface area contributed by atoms with Gasteiger partial charge in [-0.2, -0.15) is 5.26 Å². The number of nitrogens with zero attached hydrogens (tertiary/aromatic N) is 4. The Balaban J connectivity index is 1.79. The number of allylic oxidation sites excluding steroid dienone is 2. The lowest BCUT2D eigenvalue weighted by molar-refractivity contribution is 0.0741. The smallest absolute Gasteiger partial charge is 0.332 e. The molecule has 0 atom stereocenters. The minimum Gasteiger partial charge on any atom is -0.336 e. The SMILES string of the molecule is CCCn1c(=O)c2[nH]c(C34CCC(/C=C/C#N)(CC3)CC4)nc2n(CCC)c1=O. The molecule has 154 valence electrons. The number of H-pyrrole nitrogens is 1. The van der Waals surface area contributed by atoms with E-state index in [1.165, 1.54) is 4.57 Å². The van der Waals surface area contributed by atoms with Crippen molar-refractivity contribution in [3.05, 3.63) is 38.8 Å². The van der Waals surface area contributed by atoms with Crippen molar-refractivity contribution < 1.29 is 0 Å². The maximum Gasteiger partial charge on any atom is 0.332 e. The summed E-state index contributed by atoms with van der Waals surface area (Å²) in [5, 5.41) is 8.90. The summed E-state index contributed by atoms with van der Waals surface area (Å²) < 4.78 is 3.01. The van der Waals surface area contributed by atoms with Crippen LogP contribution >= 0.6 is 0 Å². The average molecular weight is 396 g/mol. The number of fused-ring (bicyclic) bond motifs is 4. The average Bonchev–Trinajstić information content (AvgIpc) is 3.20. The Bertz CT molecular complexity index is 1090. The molecule has 3 aliphatic carbocycles. The summed E-state index contributed by atoms with van der Waals surface area (Å²) in [5.41, 5.74) is 0.535. The van der Waals surface area contributed by atoms with Crippen molar-refractivity contribution >= 4 is 11.2 Å². The molecule has 0 unspecified atom stereocenters. The van der Waals surface area contributed by atoms with Gasteiger partial charge in [-0.15, -0.1) is 0 Å². The van der Waals surface area contributed by atoms with Crippen LogP contribution in [0.1, 0.15) is 71.0 Å². The summed E-state index contributed by atoms with van der Waals surface area (Å²) in [6.45, 7) is 4.97. The molecule has 3 fully saturated rings. The van der Waals surface area contributed by atoms with Crippen LogP contribution in [0.15, 0.2) is 21.7 Å². The maximum absolute atomic E-state index is 13.0. The molecule has 7 nitrogen and oxygen atoms in total. The minimum atomic E-state index is -0.257. The third-order valence-corrected chi connectivity index (χ3v) is 7.07. The van der Waals surface area contributed by atoms with Crippen molar-refractivity contribution in [2.75, 3.05) is 0 Å². The lowest BCUT2D eigenvalue weighted by Crippen LogP contribution is -2.43. The molecule has 2 heterocycles. The molecule has 2 aromatic heterocycles. The highest BCUT2D eigenvalue weighted by molar-refractivity contribution is 5.70. The van der Waals surface area contributed by atoms with Gasteiger partial charge in [-0.1, -0.05) is 19.9 Å². The summed E-state index contributed by atoms with van der Waals surface area (Å²) in [4.78, 5) is 34.1. The molecule has 0 saturated heterocycles. The number of nitrogens with one attached hydrogen (secondary N) is 1. The van der Waals surface area contributed by atoms with E-state index in [0.717, 1.165) is 57.2 Å². The third-order valence-electron chi connectivity index (χ3n) is 7.07. The molecule has 0 amide bonds. The van der Waals surface area contributed by atoms with E-state index in [-0.39, 0.29) is 22.1 Å². The first-order valence-corrected chi connectivity index (χ1v) is 10.8. The second-order valence-corrected chi connectivity index (χ2v) is 8.78. The molecule has 0 spiro atoms. The highest BCUT2D eigenvalue weighted by Crippen LogP contribution is 2.57. The number of rotatable bonds is 6. The maximum atomic E-state index is 13.0. The fourth-order valence-corrected chi connectivity index (χ4v) is 5.30. The van der Waals surface area contributed by atoms with Crippen molar-refractivity contribution in [1.82, 2.24) is 19.1 Å². The number of aryl methyl sites for hydroxylation is 1. The topological polar surface area (TPSA) is 96.5 Å². The van der Waals surface area contributed by atoms with E-state index in [1.807, 2.05) is 13.8 Å². The van der Waals surface area contributed by atoms with Crippen LogP contribution in [0.3, 0.4) is 0 Å². The van der Waals surface area contributed by atoms with Gasteiger partial charge >= 0.3 is 5.69 Å². The first-order valence-electron chi connectivity index (χ1n) is 10.8. The third kappa shape index (κ3) is 3.06. The van der Waals surface area contributed by atoms with Gasteiger partial charge in [-0.05, 0) is 56.8 Å². The molecule has 0 radical (unpaired) electrons. The molecule has 1 N–H and O–H groups in total. The lowest BCUT2D eigenvalue weighted by Gasteiger charge is -2.51. The number of hydrogen-bond acceptors (Lipinski definition) is 4. The quantitative estimate of drug-likeness (QED) is 0.758. The lowest BCUT2D eigenvalue weighted by atomic mass is 9.53. The molecule has 0 aliphatic heterocycles. The monoisotopic (exact) mass is 395 g/mol. The van der Waals surface area contributed by atoms with Gasteiger partial charge in [0.25, 0.3) is 5.56 Å². The zero-order valence-corrected chi connectivity index (χ0v) is 17.3. The Kier molecular flexibility index (Phi) is 4.97. The van der Waals surface area contributed by atoms with E-state index in [9.17, 15) is 9.59 Å². The van der Waals surface area contributed by atoms with E-state index >= 15 is 0 Å². The second kappa shape index (κ2) is 7.33. The fraction of sp³-hybridized carbons (Fsp3) is 0.636. The molecule has 2 aromatic rings. The Morgan fingerprint density at radius 2 is 1.69 bits per heavy atom. The number of hydrogen-bond donors (Lipinski definition) is 1. The molecule has 29 heavy (non-hydrogen) atoms. The van der Waals surface area contributed by atoms with Crippen LogP contribution < -0.4 is 11.2 Å². The zero-order valence-electron chi connectivity index (χ0n) is 17.3. The van der Waals surface area contributed by atoms with Crippen LogP contribution in [0.4, 0.5) is 0 Å². The van der Waals surface area contributed by atoms with Crippen LogP contribution in [0.5, 0.6) is 0 Å². The molecule has 3 aliphatic rings. The van der Waals surface area contributed by atoms with Crippen LogP contribution in [-0.4, -0.2) is 19.1 Å². The molecular formula is C22H29N5O2.